The molecule has 0 atom stereocenters. The highest BCUT2D eigenvalue weighted by Crippen LogP contribution is 2.35. The molecule has 154 valence electrons. The van der Waals surface area contributed by atoms with Crippen molar-refractivity contribution in [1.29, 1.82) is 0 Å². The number of hydrogen-bond donors (Lipinski definition) is 2. The van der Waals surface area contributed by atoms with Gasteiger partial charge in [0.2, 0.25) is 0 Å². The van der Waals surface area contributed by atoms with Gasteiger partial charge in [-0.2, -0.15) is 13.2 Å². The summed E-state index contributed by atoms with van der Waals surface area (Å²) < 4.78 is 68.3. The molecule has 0 unspecified atom stereocenters. The normalized spacial score (nSPS) is 11.4. The molecule has 2 aromatic rings. The fourth-order valence-corrected chi connectivity index (χ4v) is 2.53. The van der Waals surface area contributed by atoms with Crippen LogP contribution < -0.4 is 19.5 Å². The lowest BCUT2D eigenvalue weighted by molar-refractivity contribution is -0.140. The minimum absolute atomic E-state index is 0.0650. The fourth-order valence-electron chi connectivity index (χ4n) is 2.53. The number of ether oxygens (including phenoxy) is 3. The minimum atomic E-state index is -4.79. The molecule has 0 aliphatic rings. The van der Waals surface area contributed by atoms with Crippen molar-refractivity contribution in [2.75, 3.05) is 27.4 Å². The third kappa shape index (κ3) is 5.49. The predicted octanol–water partition coefficient (Wildman–Crippen LogP) is 3.52. The van der Waals surface area contributed by atoms with Crippen LogP contribution in [-0.4, -0.2) is 32.5 Å². The SMILES string of the molecule is COc1cc(OC)c(CNCCO)c(OCc2ccc(F)c(C(F)(F)F)c2)c1. The Morgan fingerprint density at radius 1 is 1.04 bits per heavy atom. The van der Waals surface area contributed by atoms with Crippen LogP contribution in [0.25, 0.3) is 0 Å². The molecule has 0 aromatic heterocycles. The first-order valence-electron chi connectivity index (χ1n) is 8.35. The molecule has 28 heavy (non-hydrogen) atoms. The molecule has 0 aliphatic heterocycles. The highest BCUT2D eigenvalue weighted by atomic mass is 19.4. The van der Waals surface area contributed by atoms with Gasteiger partial charge in [0.05, 0.1) is 32.0 Å². The number of alkyl halides is 3. The van der Waals surface area contributed by atoms with E-state index in [1.54, 1.807) is 12.1 Å². The second kappa shape index (κ2) is 9.61. The van der Waals surface area contributed by atoms with Crippen LogP contribution in [0.2, 0.25) is 0 Å². The number of hydrogen-bond acceptors (Lipinski definition) is 5. The topological polar surface area (TPSA) is 60.0 Å². The summed E-state index contributed by atoms with van der Waals surface area (Å²) in [6.45, 7) is 0.346. The highest BCUT2D eigenvalue weighted by molar-refractivity contribution is 5.50. The smallest absolute Gasteiger partial charge is 0.419 e. The monoisotopic (exact) mass is 403 g/mol. The number of rotatable bonds is 9. The Hall–Kier alpha value is -2.52. The van der Waals surface area contributed by atoms with Gasteiger partial charge in [0, 0.05) is 25.2 Å². The van der Waals surface area contributed by atoms with Gasteiger partial charge in [-0.1, -0.05) is 6.07 Å². The van der Waals surface area contributed by atoms with E-state index >= 15 is 0 Å². The van der Waals surface area contributed by atoms with E-state index < -0.39 is 17.6 Å². The molecule has 9 heteroatoms. The average Bonchev–Trinajstić information content (AvgIpc) is 2.66. The summed E-state index contributed by atoms with van der Waals surface area (Å²) in [5, 5.41) is 11.9. The second-order valence-corrected chi connectivity index (χ2v) is 5.81. The Kier molecular flexibility index (Phi) is 7.47. The van der Waals surface area contributed by atoms with Gasteiger partial charge in [-0.15, -0.1) is 0 Å². The van der Waals surface area contributed by atoms with Crippen LogP contribution in [0.5, 0.6) is 17.2 Å². The van der Waals surface area contributed by atoms with Gasteiger partial charge in [-0.3, -0.25) is 0 Å². The van der Waals surface area contributed by atoms with Crippen LogP contribution in [0.15, 0.2) is 30.3 Å². The van der Waals surface area contributed by atoms with Gasteiger partial charge < -0.3 is 24.6 Å². The van der Waals surface area contributed by atoms with Gasteiger partial charge in [0.1, 0.15) is 29.7 Å². The number of methoxy groups -OCH3 is 2. The summed E-state index contributed by atoms with van der Waals surface area (Å²) in [4.78, 5) is 0. The van der Waals surface area contributed by atoms with Crippen molar-refractivity contribution in [2.45, 2.75) is 19.3 Å². The van der Waals surface area contributed by atoms with Gasteiger partial charge in [-0.05, 0) is 17.7 Å². The standard InChI is InChI=1S/C19H21F4NO4/c1-26-13-8-17(27-2)14(10-24-5-6-25)18(9-13)28-11-12-3-4-16(20)15(7-12)19(21,22)23/h3-4,7-9,24-25H,5-6,10-11H2,1-2H3. The Morgan fingerprint density at radius 2 is 1.75 bits per heavy atom. The summed E-state index contributed by atoms with van der Waals surface area (Å²) in [5.41, 5.74) is -0.582. The highest BCUT2D eigenvalue weighted by Gasteiger charge is 2.34. The summed E-state index contributed by atoms with van der Waals surface area (Å²) in [5.74, 6) is -0.115. The van der Waals surface area contributed by atoms with Crippen LogP contribution in [0.3, 0.4) is 0 Å². The Morgan fingerprint density at radius 3 is 2.36 bits per heavy atom. The number of aliphatic hydroxyl groups excluding tert-OH is 1. The van der Waals surface area contributed by atoms with E-state index in [9.17, 15) is 17.6 Å². The van der Waals surface area contributed by atoms with Crippen LogP contribution in [0.1, 0.15) is 16.7 Å². The third-order valence-corrected chi connectivity index (χ3v) is 3.92. The Bertz CT molecular complexity index is 796. The van der Waals surface area contributed by atoms with Crippen molar-refractivity contribution >= 4 is 0 Å². The molecule has 0 saturated carbocycles. The van der Waals surface area contributed by atoms with Crippen molar-refractivity contribution < 1.29 is 36.9 Å². The molecule has 5 nitrogen and oxygen atoms in total. The van der Waals surface area contributed by atoms with E-state index in [4.69, 9.17) is 19.3 Å². The fraction of sp³-hybridized carbons (Fsp3) is 0.368. The van der Waals surface area contributed by atoms with E-state index in [-0.39, 0.29) is 18.8 Å². The minimum Gasteiger partial charge on any atom is -0.496 e. The van der Waals surface area contributed by atoms with Crippen LogP contribution in [-0.2, 0) is 19.3 Å². The number of halogens is 4. The number of nitrogens with one attached hydrogen (secondary N) is 1. The maximum atomic E-state index is 13.4. The van der Waals surface area contributed by atoms with Crippen molar-refractivity contribution in [2.24, 2.45) is 0 Å². The van der Waals surface area contributed by atoms with E-state index in [0.29, 0.717) is 35.9 Å². The van der Waals surface area contributed by atoms with Crippen LogP contribution >= 0.6 is 0 Å². The summed E-state index contributed by atoms with van der Waals surface area (Å²) in [6, 6.07) is 5.93. The lowest BCUT2D eigenvalue weighted by Crippen LogP contribution is -2.18. The Labute approximate surface area is 159 Å². The maximum absolute atomic E-state index is 13.4. The molecule has 2 rings (SSSR count). The molecule has 0 radical (unpaired) electrons. The first-order valence-corrected chi connectivity index (χ1v) is 8.35. The first-order chi connectivity index (χ1) is 13.3. The molecule has 0 spiro atoms. The molecule has 0 heterocycles. The summed E-state index contributed by atoms with van der Waals surface area (Å²) in [7, 11) is 2.92. The molecular formula is C19H21F4NO4. The Balaban J connectivity index is 2.29. The van der Waals surface area contributed by atoms with Crippen molar-refractivity contribution in [3.63, 3.8) is 0 Å². The van der Waals surface area contributed by atoms with E-state index in [2.05, 4.69) is 5.32 Å². The van der Waals surface area contributed by atoms with Crippen molar-refractivity contribution in [1.82, 2.24) is 5.32 Å². The molecule has 0 bridgehead atoms. The average molecular weight is 403 g/mol. The zero-order valence-electron chi connectivity index (χ0n) is 15.4. The first kappa shape index (κ1) is 21.8. The quantitative estimate of drug-likeness (QED) is 0.496. The summed E-state index contributed by atoms with van der Waals surface area (Å²) in [6.07, 6.45) is -4.79. The largest absolute Gasteiger partial charge is 0.496 e. The van der Waals surface area contributed by atoms with Gasteiger partial charge in [0.15, 0.2) is 0 Å². The lowest BCUT2D eigenvalue weighted by atomic mass is 10.1. The maximum Gasteiger partial charge on any atom is 0.419 e. The van der Waals surface area contributed by atoms with Gasteiger partial charge in [-0.25, -0.2) is 4.39 Å². The van der Waals surface area contributed by atoms with Crippen LogP contribution in [0.4, 0.5) is 17.6 Å². The van der Waals surface area contributed by atoms with E-state index in [1.807, 2.05) is 0 Å². The van der Waals surface area contributed by atoms with Crippen molar-refractivity contribution in [3.05, 3.63) is 52.8 Å². The van der Waals surface area contributed by atoms with Gasteiger partial charge in [0.25, 0.3) is 0 Å². The molecular weight excluding hydrogens is 382 g/mol. The molecule has 0 aliphatic carbocycles. The molecule has 2 aromatic carbocycles. The zero-order chi connectivity index (χ0) is 20.7. The van der Waals surface area contributed by atoms with E-state index in [1.165, 1.54) is 20.3 Å². The molecule has 0 saturated heterocycles. The lowest BCUT2D eigenvalue weighted by Gasteiger charge is -2.17. The third-order valence-electron chi connectivity index (χ3n) is 3.92. The molecule has 2 N–H and O–H groups in total. The number of aliphatic hydroxyl groups is 1. The zero-order valence-corrected chi connectivity index (χ0v) is 15.4. The molecule has 0 amide bonds. The number of benzene rings is 2. The molecule has 0 fully saturated rings. The predicted molar refractivity (Wildman–Crippen MR) is 94.1 cm³/mol. The van der Waals surface area contributed by atoms with E-state index in [0.717, 1.165) is 12.1 Å². The summed E-state index contributed by atoms with van der Waals surface area (Å²) >= 11 is 0. The second-order valence-electron chi connectivity index (χ2n) is 5.81. The van der Waals surface area contributed by atoms with Crippen LogP contribution in [0, 0.1) is 5.82 Å². The van der Waals surface area contributed by atoms with Gasteiger partial charge >= 0.3 is 6.18 Å². The van der Waals surface area contributed by atoms with Crippen molar-refractivity contribution in [3.8, 4) is 17.2 Å².